The summed E-state index contributed by atoms with van der Waals surface area (Å²) in [5, 5.41) is 30.6. The minimum Gasteiger partial charge on any atom is -0.550 e. The number of aliphatic hydroxyl groups is 1. The molecule has 3 unspecified atom stereocenters. The molecule has 0 radical (unpaired) electrons. The highest BCUT2D eigenvalue weighted by Gasteiger charge is 2.17. The van der Waals surface area contributed by atoms with Crippen LogP contribution in [0.3, 0.4) is 0 Å². The molecule has 0 aliphatic carbocycles. The maximum absolute atomic E-state index is 11.0. The predicted octanol–water partition coefficient (Wildman–Crippen LogP) is -0.150. The molecule has 0 aromatic rings. The van der Waals surface area contributed by atoms with Crippen LogP contribution in [0, 0.1) is 11.8 Å². The number of rotatable bonds is 11. The van der Waals surface area contributed by atoms with Crippen molar-refractivity contribution in [2.45, 2.75) is 64.9 Å². The van der Waals surface area contributed by atoms with Gasteiger partial charge < -0.3 is 24.9 Å². The van der Waals surface area contributed by atoms with Crippen LogP contribution >= 0.6 is 0 Å². The summed E-state index contributed by atoms with van der Waals surface area (Å²) >= 11 is 0. The second-order valence-corrected chi connectivity index (χ2v) is 5.22. The minimum atomic E-state index is -1.15. The molecular formula is C14H24O5-2. The lowest BCUT2D eigenvalue weighted by Crippen LogP contribution is -2.33. The van der Waals surface area contributed by atoms with Crippen LogP contribution in [0.15, 0.2) is 0 Å². The molecule has 3 atom stereocenters. The molecule has 0 aromatic heterocycles. The summed E-state index contributed by atoms with van der Waals surface area (Å²) in [5.41, 5.74) is 0. The third kappa shape index (κ3) is 9.47. The van der Waals surface area contributed by atoms with Gasteiger partial charge >= 0.3 is 0 Å². The highest BCUT2D eigenvalue weighted by molar-refractivity contribution is 5.68. The Morgan fingerprint density at radius 3 is 2.21 bits per heavy atom. The van der Waals surface area contributed by atoms with Crippen LogP contribution in [0.25, 0.3) is 0 Å². The molecule has 0 bridgehead atoms. The van der Waals surface area contributed by atoms with E-state index in [1.54, 1.807) is 6.92 Å². The van der Waals surface area contributed by atoms with Crippen LogP contribution in [-0.4, -0.2) is 23.1 Å². The van der Waals surface area contributed by atoms with E-state index in [4.69, 9.17) is 0 Å². The van der Waals surface area contributed by atoms with Crippen molar-refractivity contribution in [2.24, 2.45) is 11.8 Å². The molecule has 0 spiro atoms. The van der Waals surface area contributed by atoms with Crippen LogP contribution < -0.4 is 10.2 Å². The SMILES string of the molecule is CCC(CCC(C)O)CC(CCCC(=O)[O-])C(=O)[O-]. The smallest absolute Gasteiger partial charge is 0.0512 e. The summed E-state index contributed by atoms with van der Waals surface area (Å²) in [6, 6.07) is 0. The molecule has 0 aliphatic heterocycles. The largest absolute Gasteiger partial charge is 0.550 e. The normalized spacial score (nSPS) is 15.7. The van der Waals surface area contributed by atoms with Crippen molar-refractivity contribution in [3.8, 4) is 0 Å². The van der Waals surface area contributed by atoms with E-state index in [9.17, 15) is 24.9 Å². The molecule has 19 heavy (non-hydrogen) atoms. The van der Waals surface area contributed by atoms with E-state index in [0.29, 0.717) is 25.7 Å². The molecule has 1 N–H and O–H groups in total. The molecule has 5 nitrogen and oxygen atoms in total. The summed E-state index contributed by atoms with van der Waals surface area (Å²) in [6.45, 7) is 3.70. The Balaban J connectivity index is 4.21. The number of aliphatic hydroxyl groups excluding tert-OH is 1. The number of carbonyl (C=O) groups is 2. The van der Waals surface area contributed by atoms with Gasteiger partial charge in [0.2, 0.25) is 0 Å². The van der Waals surface area contributed by atoms with Crippen LogP contribution in [0.2, 0.25) is 0 Å². The van der Waals surface area contributed by atoms with Gasteiger partial charge in [-0.05, 0) is 57.3 Å². The standard InChI is InChI=1S/C14H26O5/c1-3-11(8-7-10(2)15)9-12(14(18)19)5-4-6-13(16)17/h10-12,15H,3-9H2,1-2H3,(H,16,17)(H,18,19)/p-2. The van der Waals surface area contributed by atoms with Crippen molar-refractivity contribution in [1.29, 1.82) is 0 Å². The lowest BCUT2D eigenvalue weighted by molar-refractivity contribution is -0.313. The lowest BCUT2D eigenvalue weighted by Gasteiger charge is -2.24. The van der Waals surface area contributed by atoms with Crippen molar-refractivity contribution in [3.05, 3.63) is 0 Å². The van der Waals surface area contributed by atoms with Gasteiger partial charge in [-0.1, -0.05) is 13.3 Å². The Hall–Kier alpha value is -1.10. The van der Waals surface area contributed by atoms with Crippen molar-refractivity contribution in [3.63, 3.8) is 0 Å². The van der Waals surface area contributed by atoms with E-state index < -0.39 is 17.9 Å². The van der Waals surface area contributed by atoms with Crippen LogP contribution in [0.4, 0.5) is 0 Å². The Kier molecular flexibility index (Phi) is 9.21. The topological polar surface area (TPSA) is 100 Å². The highest BCUT2D eigenvalue weighted by Crippen LogP contribution is 2.24. The predicted molar refractivity (Wildman–Crippen MR) is 66.7 cm³/mol. The van der Waals surface area contributed by atoms with E-state index >= 15 is 0 Å². The van der Waals surface area contributed by atoms with Gasteiger partial charge in [0.25, 0.3) is 0 Å². The van der Waals surface area contributed by atoms with Crippen LogP contribution in [0.1, 0.15) is 58.8 Å². The molecular weight excluding hydrogens is 248 g/mol. The van der Waals surface area contributed by atoms with Crippen molar-refractivity contribution in [2.75, 3.05) is 0 Å². The third-order valence-corrected chi connectivity index (χ3v) is 3.45. The number of hydrogen-bond donors (Lipinski definition) is 1. The van der Waals surface area contributed by atoms with Gasteiger partial charge in [-0.25, -0.2) is 0 Å². The Bertz CT molecular complexity index is 275. The molecule has 0 heterocycles. The second kappa shape index (κ2) is 9.78. The van der Waals surface area contributed by atoms with E-state index in [0.717, 1.165) is 12.8 Å². The van der Waals surface area contributed by atoms with Gasteiger partial charge in [-0.15, -0.1) is 0 Å². The first-order valence-corrected chi connectivity index (χ1v) is 6.95. The summed E-state index contributed by atoms with van der Waals surface area (Å²) in [4.78, 5) is 21.3. The van der Waals surface area contributed by atoms with E-state index in [1.807, 2.05) is 6.92 Å². The molecule has 0 fully saturated rings. The van der Waals surface area contributed by atoms with Crippen molar-refractivity contribution < 1.29 is 24.9 Å². The van der Waals surface area contributed by atoms with E-state index in [-0.39, 0.29) is 18.4 Å². The molecule has 0 saturated heterocycles. The minimum absolute atomic E-state index is 0.117. The highest BCUT2D eigenvalue weighted by atomic mass is 16.4. The summed E-state index contributed by atoms with van der Waals surface area (Å²) in [7, 11) is 0. The Morgan fingerprint density at radius 1 is 1.16 bits per heavy atom. The number of carbonyl (C=O) groups excluding carboxylic acids is 2. The molecule has 0 amide bonds. The monoisotopic (exact) mass is 272 g/mol. The zero-order chi connectivity index (χ0) is 14.8. The number of hydrogen-bond acceptors (Lipinski definition) is 5. The second-order valence-electron chi connectivity index (χ2n) is 5.22. The van der Waals surface area contributed by atoms with E-state index in [2.05, 4.69) is 0 Å². The zero-order valence-corrected chi connectivity index (χ0v) is 11.8. The number of carboxylic acids is 2. The quantitative estimate of drug-likeness (QED) is 0.563. The van der Waals surface area contributed by atoms with Crippen LogP contribution in [0.5, 0.6) is 0 Å². The molecule has 0 saturated carbocycles. The number of aliphatic carboxylic acids is 2. The van der Waals surface area contributed by atoms with Gasteiger partial charge in [-0.3, -0.25) is 0 Å². The first-order chi connectivity index (χ1) is 8.86. The first-order valence-electron chi connectivity index (χ1n) is 6.95. The summed E-state index contributed by atoms with van der Waals surface area (Å²) < 4.78 is 0. The fraction of sp³-hybridized carbons (Fsp3) is 0.857. The third-order valence-electron chi connectivity index (χ3n) is 3.45. The van der Waals surface area contributed by atoms with Gasteiger partial charge in [0.1, 0.15) is 0 Å². The molecule has 5 heteroatoms. The average Bonchev–Trinajstić information content (AvgIpc) is 2.31. The molecule has 112 valence electrons. The fourth-order valence-electron chi connectivity index (χ4n) is 2.19. The van der Waals surface area contributed by atoms with Crippen LogP contribution in [-0.2, 0) is 9.59 Å². The fourth-order valence-corrected chi connectivity index (χ4v) is 2.19. The number of carboxylic acid groups (broad SMARTS) is 2. The maximum atomic E-state index is 11.0. The molecule has 0 rings (SSSR count). The summed E-state index contributed by atoms with van der Waals surface area (Å²) in [6.07, 6.45) is 2.86. The van der Waals surface area contributed by atoms with Gasteiger partial charge in [0.15, 0.2) is 0 Å². The van der Waals surface area contributed by atoms with Gasteiger partial charge in [-0.2, -0.15) is 0 Å². The first kappa shape index (κ1) is 17.9. The van der Waals surface area contributed by atoms with E-state index in [1.165, 1.54) is 0 Å². The average molecular weight is 272 g/mol. The van der Waals surface area contributed by atoms with Gasteiger partial charge in [0, 0.05) is 11.9 Å². The molecule has 0 aliphatic rings. The van der Waals surface area contributed by atoms with Gasteiger partial charge in [0.05, 0.1) is 6.10 Å². The Labute approximate surface area is 114 Å². The zero-order valence-electron chi connectivity index (χ0n) is 11.8. The Morgan fingerprint density at radius 2 is 1.79 bits per heavy atom. The van der Waals surface area contributed by atoms with Crippen molar-refractivity contribution >= 4 is 11.9 Å². The summed E-state index contributed by atoms with van der Waals surface area (Å²) in [5.74, 6) is -2.66. The van der Waals surface area contributed by atoms with Crippen molar-refractivity contribution in [1.82, 2.24) is 0 Å². The maximum Gasteiger partial charge on any atom is 0.0512 e. The molecule has 0 aromatic carbocycles. The lowest BCUT2D eigenvalue weighted by atomic mass is 9.86.